The highest BCUT2D eigenvalue weighted by Crippen LogP contribution is 2.36. The van der Waals surface area contributed by atoms with E-state index in [0.29, 0.717) is 0 Å². The zero-order chi connectivity index (χ0) is 20.1. The SMILES string of the molecule is Cc1ccc(S(=O)(=O)NNc2ncnc(Sc3ccccc3)c2[N+](=O)[O-])cc1. The van der Waals surface area contributed by atoms with Gasteiger partial charge in [0.15, 0.2) is 5.03 Å². The Morgan fingerprint density at radius 2 is 1.71 bits per heavy atom. The van der Waals surface area contributed by atoms with E-state index in [9.17, 15) is 18.5 Å². The van der Waals surface area contributed by atoms with Gasteiger partial charge in [-0.25, -0.2) is 18.4 Å². The number of hydrazine groups is 1. The van der Waals surface area contributed by atoms with Crippen molar-refractivity contribution in [1.82, 2.24) is 14.8 Å². The number of nitrogens with one attached hydrogen (secondary N) is 2. The van der Waals surface area contributed by atoms with Crippen LogP contribution < -0.4 is 10.3 Å². The van der Waals surface area contributed by atoms with Crippen LogP contribution in [0.15, 0.2) is 75.7 Å². The molecule has 3 rings (SSSR count). The second kappa shape index (κ2) is 8.33. The van der Waals surface area contributed by atoms with Crippen LogP contribution in [0.25, 0.3) is 0 Å². The molecule has 0 unspecified atom stereocenters. The molecule has 0 atom stereocenters. The van der Waals surface area contributed by atoms with Crippen LogP contribution in [0, 0.1) is 17.0 Å². The summed E-state index contributed by atoms with van der Waals surface area (Å²) in [6.45, 7) is 1.83. The van der Waals surface area contributed by atoms with Gasteiger partial charge in [-0.05, 0) is 31.2 Å². The summed E-state index contributed by atoms with van der Waals surface area (Å²) in [6, 6.07) is 15.1. The van der Waals surface area contributed by atoms with Crippen LogP contribution in [0.3, 0.4) is 0 Å². The summed E-state index contributed by atoms with van der Waals surface area (Å²) >= 11 is 1.08. The first kappa shape index (κ1) is 19.7. The fraction of sp³-hybridized carbons (Fsp3) is 0.0588. The highest BCUT2D eigenvalue weighted by molar-refractivity contribution is 7.99. The second-order valence-electron chi connectivity index (χ2n) is 5.59. The second-order valence-corrected chi connectivity index (χ2v) is 8.34. The Kier molecular flexibility index (Phi) is 5.87. The van der Waals surface area contributed by atoms with Crippen molar-refractivity contribution >= 4 is 33.3 Å². The van der Waals surface area contributed by atoms with Crippen LogP contribution >= 0.6 is 11.8 Å². The number of anilines is 1. The third-order valence-electron chi connectivity index (χ3n) is 3.56. The van der Waals surface area contributed by atoms with Gasteiger partial charge in [-0.2, -0.15) is 0 Å². The molecule has 144 valence electrons. The number of hydrogen-bond acceptors (Lipinski definition) is 8. The van der Waals surface area contributed by atoms with Crippen molar-refractivity contribution in [2.45, 2.75) is 21.7 Å². The Hall–Kier alpha value is -3.02. The largest absolute Gasteiger partial charge is 0.344 e. The lowest BCUT2D eigenvalue weighted by Gasteiger charge is -2.10. The average Bonchev–Trinajstić information content (AvgIpc) is 2.67. The number of benzene rings is 2. The van der Waals surface area contributed by atoms with E-state index in [-0.39, 0.29) is 15.7 Å². The quantitative estimate of drug-likeness (QED) is 0.341. The van der Waals surface area contributed by atoms with Crippen LogP contribution in [-0.4, -0.2) is 23.3 Å². The van der Waals surface area contributed by atoms with Gasteiger partial charge in [-0.15, -0.1) is 4.83 Å². The summed E-state index contributed by atoms with van der Waals surface area (Å²) in [7, 11) is -3.94. The molecule has 3 aromatic rings. The van der Waals surface area contributed by atoms with E-state index in [0.717, 1.165) is 28.5 Å². The summed E-state index contributed by atoms with van der Waals surface area (Å²) in [5.41, 5.74) is 2.81. The molecular weight excluding hydrogens is 402 g/mol. The molecule has 11 heteroatoms. The molecule has 28 heavy (non-hydrogen) atoms. The zero-order valence-corrected chi connectivity index (χ0v) is 16.2. The third-order valence-corrected chi connectivity index (χ3v) is 5.83. The first-order valence-corrected chi connectivity index (χ1v) is 10.2. The maximum atomic E-state index is 12.4. The highest BCUT2D eigenvalue weighted by Gasteiger charge is 2.25. The molecule has 0 bridgehead atoms. The molecule has 0 fully saturated rings. The molecule has 0 amide bonds. The van der Waals surface area contributed by atoms with Crippen molar-refractivity contribution in [3.63, 3.8) is 0 Å². The summed E-state index contributed by atoms with van der Waals surface area (Å²) in [4.78, 5) is 21.5. The Morgan fingerprint density at radius 3 is 2.36 bits per heavy atom. The Bertz CT molecular complexity index is 1090. The van der Waals surface area contributed by atoms with E-state index in [2.05, 4.69) is 20.2 Å². The average molecular weight is 417 g/mol. The predicted octanol–water partition coefficient (Wildman–Crippen LogP) is 3.15. The molecule has 2 N–H and O–H groups in total. The fourth-order valence-corrected chi connectivity index (χ4v) is 3.91. The highest BCUT2D eigenvalue weighted by atomic mass is 32.2. The molecule has 0 aliphatic rings. The van der Waals surface area contributed by atoms with E-state index in [1.165, 1.54) is 12.1 Å². The minimum Gasteiger partial charge on any atom is -0.286 e. The Labute approximate surface area is 165 Å². The maximum absolute atomic E-state index is 12.4. The molecule has 0 radical (unpaired) electrons. The van der Waals surface area contributed by atoms with Crippen LogP contribution in [0.2, 0.25) is 0 Å². The van der Waals surface area contributed by atoms with E-state index >= 15 is 0 Å². The minimum atomic E-state index is -3.94. The Balaban J connectivity index is 1.86. The number of aromatic nitrogens is 2. The van der Waals surface area contributed by atoms with Crippen LogP contribution in [0.1, 0.15) is 5.56 Å². The molecule has 0 spiro atoms. The summed E-state index contributed by atoms with van der Waals surface area (Å²) in [5.74, 6) is -0.255. The van der Waals surface area contributed by atoms with Crippen molar-refractivity contribution in [2.24, 2.45) is 0 Å². The van der Waals surface area contributed by atoms with E-state index in [4.69, 9.17) is 0 Å². The van der Waals surface area contributed by atoms with Gasteiger partial charge < -0.3 is 0 Å². The number of nitro groups is 1. The van der Waals surface area contributed by atoms with Gasteiger partial charge in [0.2, 0.25) is 5.82 Å². The van der Waals surface area contributed by atoms with Gasteiger partial charge in [0.25, 0.3) is 10.0 Å². The van der Waals surface area contributed by atoms with Crippen LogP contribution in [-0.2, 0) is 10.0 Å². The van der Waals surface area contributed by atoms with Crippen molar-refractivity contribution in [1.29, 1.82) is 0 Å². The van der Waals surface area contributed by atoms with Crippen molar-refractivity contribution in [3.8, 4) is 0 Å². The van der Waals surface area contributed by atoms with Gasteiger partial charge in [-0.3, -0.25) is 15.5 Å². The summed E-state index contributed by atoms with van der Waals surface area (Å²) < 4.78 is 24.8. The predicted molar refractivity (Wildman–Crippen MR) is 104 cm³/mol. The van der Waals surface area contributed by atoms with Crippen LogP contribution in [0.4, 0.5) is 11.5 Å². The molecule has 9 nitrogen and oxygen atoms in total. The van der Waals surface area contributed by atoms with Gasteiger partial charge in [0, 0.05) is 4.90 Å². The topological polar surface area (TPSA) is 127 Å². The first-order chi connectivity index (χ1) is 13.4. The van der Waals surface area contributed by atoms with E-state index < -0.39 is 20.6 Å². The molecule has 1 aromatic heterocycles. The zero-order valence-electron chi connectivity index (χ0n) is 14.6. The number of sulfonamides is 1. The Morgan fingerprint density at radius 1 is 1.04 bits per heavy atom. The first-order valence-electron chi connectivity index (χ1n) is 7.93. The lowest BCUT2D eigenvalue weighted by atomic mass is 10.2. The van der Waals surface area contributed by atoms with E-state index in [1.54, 1.807) is 36.4 Å². The molecule has 0 aliphatic carbocycles. The number of rotatable bonds is 7. The molecule has 2 aromatic carbocycles. The molecular formula is C17H15N5O4S2. The van der Waals surface area contributed by atoms with Crippen molar-refractivity contribution < 1.29 is 13.3 Å². The van der Waals surface area contributed by atoms with E-state index in [1.807, 2.05) is 13.0 Å². The van der Waals surface area contributed by atoms with Gasteiger partial charge >= 0.3 is 5.69 Å². The number of aryl methyl sites for hydroxylation is 1. The maximum Gasteiger partial charge on any atom is 0.344 e. The summed E-state index contributed by atoms with van der Waals surface area (Å²) in [5, 5.41) is 11.6. The lowest BCUT2D eigenvalue weighted by molar-refractivity contribution is -0.387. The normalized spacial score (nSPS) is 11.2. The minimum absolute atomic E-state index is 0.0150. The number of hydrogen-bond donors (Lipinski definition) is 2. The number of nitrogens with zero attached hydrogens (tertiary/aromatic N) is 3. The molecule has 0 saturated heterocycles. The fourth-order valence-electron chi connectivity index (χ4n) is 2.19. The van der Waals surface area contributed by atoms with Crippen molar-refractivity contribution in [2.75, 3.05) is 5.43 Å². The monoisotopic (exact) mass is 417 g/mol. The van der Waals surface area contributed by atoms with Gasteiger partial charge in [0.1, 0.15) is 6.33 Å². The van der Waals surface area contributed by atoms with Crippen LogP contribution in [0.5, 0.6) is 0 Å². The third kappa shape index (κ3) is 4.63. The molecule has 0 aliphatic heterocycles. The van der Waals surface area contributed by atoms with Gasteiger partial charge in [0.05, 0.1) is 9.82 Å². The standard InChI is InChI=1S/C17H15N5O4S2/c1-12-7-9-14(10-8-12)28(25,26)21-20-16-15(22(23)24)17(19-11-18-16)27-13-5-3-2-4-6-13/h2-11,21H,1H3,(H,18,19,20). The lowest BCUT2D eigenvalue weighted by Crippen LogP contribution is -2.30. The molecule has 1 heterocycles. The van der Waals surface area contributed by atoms with Gasteiger partial charge in [-0.1, -0.05) is 47.7 Å². The van der Waals surface area contributed by atoms with Crippen molar-refractivity contribution in [3.05, 3.63) is 76.6 Å². The smallest absolute Gasteiger partial charge is 0.286 e. The molecule has 0 saturated carbocycles. The summed E-state index contributed by atoms with van der Waals surface area (Å²) in [6.07, 6.45) is 1.13.